The molecule has 4 atom stereocenters. The number of fused-ring (bicyclic) bond motifs is 1. The van der Waals surface area contributed by atoms with E-state index in [1.165, 1.54) is 6.33 Å². The zero-order valence-corrected chi connectivity index (χ0v) is 12.3. The molecule has 0 bridgehead atoms. The van der Waals surface area contributed by atoms with Crippen molar-refractivity contribution in [3.8, 4) is 0 Å². The molecule has 3 rings (SSSR count). The Morgan fingerprint density at radius 2 is 2.04 bits per heavy atom. The van der Waals surface area contributed by atoms with Gasteiger partial charge in [0, 0.05) is 5.82 Å². The van der Waals surface area contributed by atoms with Gasteiger partial charge >= 0.3 is 7.60 Å². The maximum absolute atomic E-state index is 10.8. The van der Waals surface area contributed by atoms with Crippen LogP contribution < -0.4 is 5.73 Å². The van der Waals surface area contributed by atoms with Gasteiger partial charge in [0.25, 0.3) is 0 Å². The van der Waals surface area contributed by atoms with Crippen molar-refractivity contribution < 1.29 is 29.3 Å². The minimum Gasteiger partial charge on any atom is -0.387 e. The third-order valence-corrected chi connectivity index (χ3v) is 3.84. The quantitative estimate of drug-likeness (QED) is 0.391. The molecule has 2 aromatic heterocycles. The van der Waals surface area contributed by atoms with Crippen molar-refractivity contribution in [1.29, 1.82) is 0 Å². The van der Waals surface area contributed by atoms with Crippen LogP contribution in [0, 0.1) is 0 Å². The summed E-state index contributed by atoms with van der Waals surface area (Å²) in [6.07, 6.45) is -2.96. The van der Waals surface area contributed by atoms with E-state index in [-0.39, 0.29) is 17.0 Å². The summed E-state index contributed by atoms with van der Waals surface area (Å²) in [5.41, 5.74) is 6.02. The second-order valence-electron chi connectivity index (χ2n) is 4.87. The molecule has 0 spiro atoms. The van der Waals surface area contributed by atoms with Gasteiger partial charge in [-0.2, -0.15) is 4.68 Å². The predicted molar refractivity (Wildman–Crippen MR) is 74.6 cm³/mol. The molecule has 0 aromatic carbocycles. The second kappa shape index (κ2) is 5.60. The van der Waals surface area contributed by atoms with Gasteiger partial charge in [-0.1, -0.05) is 5.21 Å². The molecular formula is C10H13N6O6P. The topological polar surface area (TPSA) is 190 Å². The third-order valence-electron chi connectivity index (χ3n) is 3.28. The number of rotatable bonds is 3. The Morgan fingerprint density at radius 3 is 2.74 bits per heavy atom. The largest absolute Gasteiger partial charge is 0.387 e. The summed E-state index contributed by atoms with van der Waals surface area (Å²) in [6.45, 7) is 0. The zero-order chi connectivity index (χ0) is 16.8. The maximum Gasteiger partial charge on any atom is 0.348 e. The lowest BCUT2D eigenvalue weighted by molar-refractivity contribution is -0.0329. The summed E-state index contributed by atoms with van der Waals surface area (Å²) in [5.74, 6) is 0.683. The molecular weight excluding hydrogens is 331 g/mol. The first-order chi connectivity index (χ1) is 10.8. The number of nitrogens with two attached hydrogens (primary N) is 1. The van der Waals surface area contributed by atoms with Gasteiger partial charge in [-0.05, 0) is 6.08 Å². The molecule has 2 aromatic rings. The highest BCUT2D eigenvalue weighted by Crippen LogP contribution is 2.38. The number of aromatic nitrogens is 5. The van der Waals surface area contributed by atoms with E-state index < -0.39 is 32.1 Å². The Kier molecular flexibility index (Phi) is 3.88. The summed E-state index contributed by atoms with van der Waals surface area (Å²) >= 11 is 0. The molecule has 1 saturated heterocycles. The van der Waals surface area contributed by atoms with Gasteiger partial charge in [0.15, 0.2) is 23.2 Å². The van der Waals surface area contributed by atoms with Crippen LogP contribution in [0.3, 0.4) is 0 Å². The summed E-state index contributed by atoms with van der Waals surface area (Å²) in [7, 11) is -4.42. The predicted octanol–water partition coefficient (Wildman–Crippen LogP) is -1.89. The van der Waals surface area contributed by atoms with Gasteiger partial charge in [-0.15, -0.1) is 5.10 Å². The van der Waals surface area contributed by atoms with E-state index in [0.29, 0.717) is 5.82 Å². The number of nitrogen functional groups attached to an aromatic ring is 1. The highest BCUT2D eigenvalue weighted by Gasteiger charge is 2.44. The number of ether oxygens (including phenoxy) is 1. The normalized spacial score (nSPS) is 28.9. The molecule has 0 amide bonds. The Balaban J connectivity index is 1.93. The standard InChI is InChI=1S/C10H13N6O6P/c11-8-5-9(13-3-12-8)16(15-14-5)10-7(18)6(17)4(22-10)1-2-23(19,20)21/h1-4,6-7,10,17-18H,(H2,11,12,13)(H2,19,20,21)/t4-,6-,7-,10-/m1/s1. The third kappa shape index (κ3) is 2.95. The number of aliphatic hydroxyl groups is 2. The van der Waals surface area contributed by atoms with Gasteiger partial charge in [0.1, 0.15) is 24.6 Å². The van der Waals surface area contributed by atoms with Crippen LogP contribution in [-0.4, -0.2) is 63.3 Å². The van der Waals surface area contributed by atoms with E-state index in [2.05, 4.69) is 20.3 Å². The van der Waals surface area contributed by atoms with Crippen LogP contribution in [0.15, 0.2) is 18.2 Å². The molecule has 1 fully saturated rings. The molecule has 3 heterocycles. The van der Waals surface area contributed by atoms with Crippen molar-refractivity contribution in [3.63, 3.8) is 0 Å². The highest BCUT2D eigenvalue weighted by atomic mass is 31.2. The summed E-state index contributed by atoms with van der Waals surface area (Å²) in [5, 5.41) is 27.6. The maximum atomic E-state index is 10.8. The Hall–Kier alpha value is -1.95. The Labute approximate surface area is 128 Å². The zero-order valence-electron chi connectivity index (χ0n) is 11.4. The van der Waals surface area contributed by atoms with E-state index in [1.54, 1.807) is 0 Å². The van der Waals surface area contributed by atoms with Crippen molar-refractivity contribution in [2.75, 3.05) is 5.73 Å². The van der Waals surface area contributed by atoms with E-state index in [4.69, 9.17) is 20.3 Å². The van der Waals surface area contributed by atoms with Crippen LogP contribution in [0.1, 0.15) is 6.23 Å². The molecule has 0 unspecified atom stereocenters. The molecule has 6 N–H and O–H groups in total. The van der Waals surface area contributed by atoms with E-state index >= 15 is 0 Å². The summed E-state index contributed by atoms with van der Waals surface area (Å²) in [6, 6.07) is 0. The lowest BCUT2D eigenvalue weighted by Crippen LogP contribution is -2.31. The number of nitrogens with zero attached hydrogens (tertiary/aromatic N) is 5. The van der Waals surface area contributed by atoms with Crippen molar-refractivity contribution >= 4 is 24.6 Å². The van der Waals surface area contributed by atoms with Crippen LogP contribution in [0.4, 0.5) is 5.82 Å². The van der Waals surface area contributed by atoms with Crippen molar-refractivity contribution in [2.24, 2.45) is 0 Å². The van der Waals surface area contributed by atoms with Crippen LogP contribution in [0.5, 0.6) is 0 Å². The molecule has 0 aliphatic carbocycles. The van der Waals surface area contributed by atoms with Gasteiger partial charge in [-0.25, -0.2) is 9.97 Å². The van der Waals surface area contributed by atoms with E-state index in [1.807, 2.05) is 0 Å². The molecule has 0 saturated carbocycles. The minimum atomic E-state index is -4.42. The van der Waals surface area contributed by atoms with Crippen LogP contribution in [0.2, 0.25) is 0 Å². The van der Waals surface area contributed by atoms with Crippen LogP contribution in [0.25, 0.3) is 11.2 Å². The van der Waals surface area contributed by atoms with Gasteiger partial charge in [0.2, 0.25) is 0 Å². The first-order valence-corrected chi connectivity index (χ1v) is 8.03. The highest BCUT2D eigenvalue weighted by molar-refractivity contribution is 7.55. The molecule has 1 aliphatic heterocycles. The fourth-order valence-corrected chi connectivity index (χ4v) is 2.59. The lowest BCUT2D eigenvalue weighted by atomic mass is 10.1. The first-order valence-electron chi connectivity index (χ1n) is 6.35. The van der Waals surface area contributed by atoms with Crippen molar-refractivity contribution in [1.82, 2.24) is 25.0 Å². The average molecular weight is 344 g/mol. The SMILES string of the molecule is Nc1ncnc2c1nnn2[C@@H]1O[C@H](C=CP(=O)(O)O)[C@@H](O)[C@H]1O. The molecule has 0 radical (unpaired) electrons. The van der Waals surface area contributed by atoms with E-state index in [0.717, 1.165) is 10.8 Å². The number of anilines is 1. The summed E-state index contributed by atoms with van der Waals surface area (Å²) in [4.78, 5) is 25.3. The molecule has 1 aliphatic rings. The number of aliphatic hydroxyl groups excluding tert-OH is 2. The van der Waals surface area contributed by atoms with Crippen molar-refractivity contribution in [2.45, 2.75) is 24.5 Å². The van der Waals surface area contributed by atoms with Crippen LogP contribution >= 0.6 is 7.60 Å². The first kappa shape index (κ1) is 15.9. The number of hydrogen-bond acceptors (Lipinski definition) is 9. The van der Waals surface area contributed by atoms with Gasteiger partial charge in [0.05, 0.1) is 0 Å². The fraction of sp³-hybridized carbons (Fsp3) is 0.400. The monoisotopic (exact) mass is 344 g/mol. The molecule has 12 nitrogen and oxygen atoms in total. The molecule has 23 heavy (non-hydrogen) atoms. The smallest absolute Gasteiger partial charge is 0.348 e. The Bertz CT molecular complexity index is 804. The van der Waals surface area contributed by atoms with Crippen molar-refractivity contribution in [3.05, 3.63) is 18.2 Å². The molecule has 124 valence electrons. The van der Waals surface area contributed by atoms with Gasteiger partial charge in [-0.3, -0.25) is 4.57 Å². The van der Waals surface area contributed by atoms with Crippen LogP contribution in [-0.2, 0) is 9.30 Å². The number of hydrogen-bond donors (Lipinski definition) is 5. The van der Waals surface area contributed by atoms with E-state index in [9.17, 15) is 14.8 Å². The second-order valence-corrected chi connectivity index (χ2v) is 6.34. The fourth-order valence-electron chi connectivity index (χ4n) is 2.20. The lowest BCUT2D eigenvalue weighted by Gasteiger charge is -2.14. The minimum absolute atomic E-state index is 0.0900. The van der Waals surface area contributed by atoms with Gasteiger partial charge < -0.3 is 30.5 Å². The summed E-state index contributed by atoms with van der Waals surface area (Å²) < 4.78 is 17.4. The molecule has 13 heteroatoms. The average Bonchev–Trinajstić information content (AvgIpc) is 3.01. The Morgan fingerprint density at radius 1 is 1.30 bits per heavy atom.